The Kier molecular flexibility index (Phi) is 7.20. The number of benzene rings is 1. The van der Waals surface area contributed by atoms with Gasteiger partial charge < -0.3 is 14.6 Å². The van der Waals surface area contributed by atoms with Gasteiger partial charge in [-0.05, 0) is 12.1 Å². The quantitative estimate of drug-likeness (QED) is 0.513. The number of morpholine rings is 1. The van der Waals surface area contributed by atoms with Crippen LogP contribution in [0.3, 0.4) is 0 Å². The van der Waals surface area contributed by atoms with Crippen molar-refractivity contribution >= 4 is 34.3 Å². The number of ketones is 1. The fraction of sp³-hybridized carbons (Fsp3) is 0.552. The van der Waals surface area contributed by atoms with E-state index in [1.165, 1.54) is 10.6 Å². The fourth-order valence-electron chi connectivity index (χ4n) is 5.52. The number of carbonyl (C=O) groups excluding carboxylic acids is 1. The Balaban J connectivity index is 1.19. The molecule has 1 unspecified atom stereocenters. The minimum absolute atomic E-state index is 0.270. The normalized spacial score (nSPS) is 21.2. The van der Waals surface area contributed by atoms with Crippen LogP contribution in [0.1, 0.15) is 26.5 Å². The first-order valence-electron chi connectivity index (χ1n) is 13.8. The monoisotopic (exact) mass is 534 g/mol. The molecule has 8 nitrogen and oxygen atoms in total. The van der Waals surface area contributed by atoms with Gasteiger partial charge in [-0.25, -0.2) is 9.97 Å². The van der Waals surface area contributed by atoms with Gasteiger partial charge in [0.05, 0.1) is 30.3 Å². The molecule has 9 heteroatoms. The van der Waals surface area contributed by atoms with Crippen molar-refractivity contribution in [3.05, 3.63) is 36.2 Å². The molecular weight excluding hydrogens is 496 g/mol. The first-order valence-corrected chi connectivity index (χ1v) is 14.7. The van der Waals surface area contributed by atoms with Gasteiger partial charge in [-0.15, -0.1) is 11.8 Å². The maximum atomic E-state index is 12.5. The molecule has 1 aromatic carbocycles. The van der Waals surface area contributed by atoms with E-state index in [0.29, 0.717) is 17.6 Å². The Morgan fingerprint density at radius 2 is 1.82 bits per heavy atom. The molecule has 0 spiro atoms. The molecule has 0 saturated carbocycles. The number of hydrogen-bond donors (Lipinski definition) is 1. The average molecular weight is 535 g/mol. The number of piperazine rings is 1. The summed E-state index contributed by atoms with van der Waals surface area (Å²) in [5.74, 6) is 2.21. The summed E-state index contributed by atoms with van der Waals surface area (Å²) in [6.07, 6.45) is 2.94. The zero-order valence-corrected chi connectivity index (χ0v) is 23.5. The zero-order valence-electron chi connectivity index (χ0n) is 22.7. The van der Waals surface area contributed by atoms with Crippen molar-refractivity contribution in [1.82, 2.24) is 24.8 Å². The zero-order chi connectivity index (χ0) is 26.3. The van der Waals surface area contributed by atoms with Crippen molar-refractivity contribution in [2.24, 2.45) is 5.41 Å². The number of H-pyrrole nitrogens is 1. The molecule has 5 heterocycles. The van der Waals surface area contributed by atoms with Gasteiger partial charge in [-0.3, -0.25) is 14.6 Å². The van der Waals surface area contributed by atoms with E-state index in [2.05, 4.69) is 43.9 Å². The van der Waals surface area contributed by atoms with Crippen LogP contribution in [0, 0.1) is 5.41 Å². The highest BCUT2D eigenvalue weighted by atomic mass is 32.2. The fourth-order valence-corrected chi connectivity index (χ4v) is 6.92. The molecule has 1 N–H and O–H groups in total. The van der Waals surface area contributed by atoms with E-state index in [1.807, 2.05) is 38.7 Å². The highest BCUT2D eigenvalue weighted by Gasteiger charge is 2.33. The Hall–Kier alpha value is -2.46. The van der Waals surface area contributed by atoms with Crippen molar-refractivity contribution < 1.29 is 9.53 Å². The van der Waals surface area contributed by atoms with Crippen molar-refractivity contribution in [2.45, 2.75) is 37.3 Å². The maximum Gasteiger partial charge on any atom is 0.162 e. The van der Waals surface area contributed by atoms with Gasteiger partial charge in [-0.2, -0.15) is 0 Å². The van der Waals surface area contributed by atoms with E-state index in [4.69, 9.17) is 14.7 Å². The van der Waals surface area contributed by atoms with Crippen LogP contribution < -0.4 is 4.90 Å². The third-order valence-corrected chi connectivity index (χ3v) is 9.20. The number of rotatable bonds is 6. The van der Waals surface area contributed by atoms with Crippen molar-refractivity contribution in [3.63, 3.8) is 0 Å². The van der Waals surface area contributed by atoms with Crippen LogP contribution in [-0.2, 0) is 16.0 Å². The Labute approximate surface area is 229 Å². The van der Waals surface area contributed by atoms with Crippen molar-refractivity contribution in [2.75, 3.05) is 70.5 Å². The molecule has 2 aromatic heterocycles. The first kappa shape index (κ1) is 25.8. The molecule has 38 heavy (non-hydrogen) atoms. The molecule has 3 aliphatic heterocycles. The predicted octanol–water partition coefficient (Wildman–Crippen LogP) is 3.71. The lowest BCUT2D eigenvalue weighted by Gasteiger charge is -2.36. The summed E-state index contributed by atoms with van der Waals surface area (Å²) in [7, 11) is 0. The van der Waals surface area contributed by atoms with Gasteiger partial charge in [0.25, 0.3) is 0 Å². The number of nitrogens with one attached hydrogen (secondary N) is 1. The van der Waals surface area contributed by atoms with Gasteiger partial charge in [0.15, 0.2) is 11.6 Å². The molecule has 0 bridgehead atoms. The number of thioether (sulfide) groups is 1. The summed E-state index contributed by atoms with van der Waals surface area (Å²) < 4.78 is 5.65. The SMILES string of the molecule is CC(C)(C)C(=O)CN1CCN(CC2Cc3nc(-c4cccc5[nH]ccc45)nc(N4CCOCC4)c3S2)CC1. The lowest BCUT2D eigenvalue weighted by molar-refractivity contribution is -0.127. The number of anilines is 1. The highest BCUT2D eigenvalue weighted by molar-refractivity contribution is 8.00. The molecule has 1 atom stereocenters. The third-order valence-electron chi connectivity index (χ3n) is 7.90. The first-order chi connectivity index (χ1) is 18.3. The van der Waals surface area contributed by atoms with Crippen LogP contribution >= 0.6 is 11.8 Å². The van der Waals surface area contributed by atoms with Gasteiger partial charge in [0.1, 0.15) is 5.82 Å². The van der Waals surface area contributed by atoms with Crippen LogP contribution in [0.5, 0.6) is 0 Å². The maximum absolute atomic E-state index is 12.5. The number of nitrogens with zero attached hydrogens (tertiary/aromatic N) is 5. The molecule has 2 saturated heterocycles. The Bertz CT molecular complexity index is 1300. The summed E-state index contributed by atoms with van der Waals surface area (Å²) in [6, 6.07) is 8.41. The molecule has 0 amide bonds. The average Bonchev–Trinajstić information content (AvgIpc) is 3.56. The van der Waals surface area contributed by atoms with E-state index in [9.17, 15) is 4.79 Å². The smallest absolute Gasteiger partial charge is 0.162 e. The number of Topliss-reactive ketones (excluding diaryl/α,β-unsaturated/α-hetero) is 1. The lowest BCUT2D eigenvalue weighted by atomic mass is 9.90. The summed E-state index contributed by atoms with van der Waals surface area (Å²) in [6.45, 7) is 14.7. The van der Waals surface area contributed by atoms with Gasteiger partial charge >= 0.3 is 0 Å². The molecule has 3 aromatic rings. The molecule has 0 aliphatic carbocycles. The van der Waals surface area contributed by atoms with E-state index in [0.717, 1.165) is 93.6 Å². The molecule has 3 aliphatic rings. The number of aromatic nitrogens is 3. The third kappa shape index (κ3) is 5.34. The second-order valence-corrected chi connectivity index (χ2v) is 13.0. The van der Waals surface area contributed by atoms with Crippen LogP contribution in [0.15, 0.2) is 35.4 Å². The molecule has 6 rings (SSSR count). The second kappa shape index (κ2) is 10.6. The number of hydrogen-bond acceptors (Lipinski definition) is 8. The molecule has 0 radical (unpaired) electrons. The summed E-state index contributed by atoms with van der Waals surface area (Å²) in [5.41, 5.74) is 3.09. The Morgan fingerprint density at radius 1 is 1.05 bits per heavy atom. The van der Waals surface area contributed by atoms with Gasteiger partial charge in [0, 0.05) is 85.6 Å². The van der Waals surface area contributed by atoms with Crippen molar-refractivity contribution in [1.29, 1.82) is 0 Å². The summed E-state index contributed by atoms with van der Waals surface area (Å²) in [5, 5.41) is 1.62. The predicted molar refractivity (Wildman–Crippen MR) is 153 cm³/mol. The van der Waals surface area contributed by atoms with E-state index < -0.39 is 0 Å². The summed E-state index contributed by atoms with van der Waals surface area (Å²) in [4.78, 5) is 34.6. The topological polar surface area (TPSA) is 77.6 Å². The summed E-state index contributed by atoms with van der Waals surface area (Å²) >= 11 is 1.95. The number of carbonyl (C=O) groups is 1. The lowest BCUT2D eigenvalue weighted by Crippen LogP contribution is -2.50. The second-order valence-electron chi connectivity index (χ2n) is 11.7. The van der Waals surface area contributed by atoms with Crippen LogP contribution in [-0.4, -0.2) is 101 Å². The number of ether oxygens (including phenoxy) is 1. The standard InChI is InChI=1S/C29H38N6O2S/c1-29(2,3)25(36)19-34-11-9-33(10-12-34)18-20-17-24-26(38-20)28(35-13-15-37-16-14-35)32-27(31-24)22-5-4-6-23-21(22)7-8-30-23/h4-8,20,30H,9-19H2,1-3H3. The van der Waals surface area contributed by atoms with E-state index >= 15 is 0 Å². The van der Waals surface area contributed by atoms with Crippen LogP contribution in [0.4, 0.5) is 5.82 Å². The number of fused-ring (bicyclic) bond motifs is 2. The largest absolute Gasteiger partial charge is 0.378 e. The minimum atomic E-state index is -0.270. The Morgan fingerprint density at radius 3 is 2.58 bits per heavy atom. The minimum Gasteiger partial charge on any atom is -0.378 e. The molecule has 202 valence electrons. The van der Waals surface area contributed by atoms with Crippen LogP contribution in [0.2, 0.25) is 0 Å². The molecular formula is C29H38N6O2S. The van der Waals surface area contributed by atoms with E-state index in [1.54, 1.807) is 0 Å². The van der Waals surface area contributed by atoms with Gasteiger partial charge in [-0.1, -0.05) is 32.9 Å². The van der Waals surface area contributed by atoms with Crippen LogP contribution in [0.25, 0.3) is 22.3 Å². The highest BCUT2D eigenvalue weighted by Crippen LogP contribution is 2.43. The van der Waals surface area contributed by atoms with E-state index in [-0.39, 0.29) is 5.41 Å². The van der Waals surface area contributed by atoms with Gasteiger partial charge in [0.2, 0.25) is 0 Å². The van der Waals surface area contributed by atoms with Crippen molar-refractivity contribution in [3.8, 4) is 11.4 Å². The molecule has 2 fully saturated rings. The number of aromatic amines is 1.